The number of hydrogen-bond acceptors (Lipinski definition) is 3. The van der Waals surface area contributed by atoms with Gasteiger partial charge in [-0.1, -0.05) is 20.4 Å². The van der Waals surface area contributed by atoms with Gasteiger partial charge in [-0.15, -0.1) is 0 Å². The first-order chi connectivity index (χ1) is 9.83. The van der Waals surface area contributed by atoms with Crippen LogP contribution in [0, 0.1) is 11.8 Å². The molecular formula is C15H25N3O3. The number of nitrogens with zero attached hydrogens (tertiary/aromatic N) is 2. The van der Waals surface area contributed by atoms with E-state index < -0.39 is 11.9 Å². The van der Waals surface area contributed by atoms with Crippen LogP contribution in [0.3, 0.4) is 0 Å². The summed E-state index contributed by atoms with van der Waals surface area (Å²) in [5.74, 6) is -1.07. The van der Waals surface area contributed by atoms with Crippen molar-refractivity contribution in [2.45, 2.75) is 33.2 Å². The van der Waals surface area contributed by atoms with Gasteiger partial charge in [0.2, 0.25) is 17.7 Å². The van der Waals surface area contributed by atoms with Crippen molar-refractivity contribution in [1.82, 2.24) is 9.80 Å². The third-order valence-corrected chi connectivity index (χ3v) is 3.91. The predicted molar refractivity (Wildman–Crippen MR) is 80.1 cm³/mol. The normalized spacial score (nSPS) is 19.4. The minimum Gasteiger partial charge on any atom is -0.368 e. The molecule has 0 aromatic rings. The molecule has 3 amide bonds. The lowest BCUT2D eigenvalue weighted by molar-refractivity contribution is -0.143. The maximum atomic E-state index is 12.6. The zero-order valence-electron chi connectivity index (χ0n) is 13.0. The summed E-state index contributed by atoms with van der Waals surface area (Å²) in [6.45, 7) is 10.4. The van der Waals surface area contributed by atoms with Crippen LogP contribution < -0.4 is 5.73 Å². The van der Waals surface area contributed by atoms with Crippen molar-refractivity contribution in [2.75, 3.05) is 19.6 Å². The average Bonchev–Trinajstić information content (AvgIpc) is 2.91. The van der Waals surface area contributed by atoms with Crippen LogP contribution in [0.2, 0.25) is 0 Å². The summed E-state index contributed by atoms with van der Waals surface area (Å²) < 4.78 is 0. The second-order valence-electron chi connectivity index (χ2n) is 5.69. The Morgan fingerprint density at radius 1 is 1.43 bits per heavy atom. The summed E-state index contributed by atoms with van der Waals surface area (Å²) in [4.78, 5) is 39.0. The summed E-state index contributed by atoms with van der Waals surface area (Å²) in [5.41, 5.74) is 5.44. The smallest absolute Gasteiger partial charge is 0.245 e. The molecule has 2 atom stereocenters. The highest BCUT2D eigenvalue weighted by atomic mass is 16.2. The molecule has 118 valence electrons. The van der Waals surface area contributed by atoms with Crippen molar-refractivity contribution in [3.05, 3.63) is 12.7 Å². The Kier molecular flexibility index (Phi) is 5.93. The number of likely N-dealkylation sites (N-methyl/N-ethyl adjacent to an activating group) is 1. The van der Waals surface area contributed by atoms with Crippen LogP contribution in [0.5, 0.6) is 0 Å². The van der Waals surface area contributed by atoms with E-state index in [1.165, 1.54) is 6.08 Å². The molecule has 0 aromatic carbocycles. The predicted octanol–water partition coefficient (Wildman–Crippen LogP) is 0.379. The minimum absolute atomic E-state index is 0.0429. The fourth-order valence-electron chi connectivity index (χ4n) is 2.86. The van der Waals surface area contributed by atoms with E-state index in [0.29, 0.717) is 26.1 Å². The molecule has 0 spiro atoms. The molecule has 0 bridgehead atoms. The molecule has 6 heteroatoms. The molecule has 0 saturated carbocycles. The van der Waals surface area contributed by atoms with Crippen LogP contribution in [0.25, 0.3) is 0 Å². The fraction of sp³-hybridized carbons (Fsp3) is 0.667. The molecule has 2 N–H and O–H groups in total. The highest BCUT2D eigenvalue weighted by Gasteiger charge is 2.37. The number of carbonyl (C=O) groups is 3. The van der Waals surface area contributed by atoms with E-state index in [9.17, 15) is 14.4 Å². The highest BCUT2D eigenvalue weighted by Crippen LogP contribution is 2.22. The molecule has 1 aliphatic heterocycles. The first-order valence-electron chi connectivity index (χ1n) is 7.34. The number of amides is 3. The molecule has 0 aromatic heterocycles. The number of primary amides is 1. The summed E-state index contributed by atoms with van der Waals surface area (Å²) in [5, 5.41) is 0. The van der Waals surface area contributed by atoms with Crippen molar-refractivity contribution in [3.63, 3.8) is 0 Å². The lowest BCUT2D eigenvalue weighted by atomic mass is 9.99. The topological polar surface area (TPSA) is 83.7 Å². The SMILES string of the molecule is C=CC(=O)N1CC[C@H](C(=O)N(CC)[C@H](C(N)=O)C(C)C)C1. The van der Waals surface area contributed by atoms with Gasteiger partial charge in [0, 0.05) is 19.6 Å². The second-order valence-corrected chi connectivity index (χ2v) is 5.69. The van der Waals surface area contributed by atoms with Crippen LogP contribution in [-0.2, 0) is 14.4 Å². The molecule has 0 unspecified atom stereocenters. The van der Waals surface area contributed by atoms with Gasteiger partial charge in [0.1, 0.15) is 6.04 Å². The van der Waals surface area contributed by atoms with Gasteiger partial charge in [-0.05, 0) is 25.3 Å². The van der Waals surface area contributed by atoms with Gasteiger partial charge in [0.05, 0.1) is 5.92 Å². The van der Waals surface area contributed by atoms with Gasteiger partial charge in [-0.2, -0.15) is 0 Å². The molecular weight excluding hydrogens is 270 g/mol. The molecule has 1 aliphatic rings. The Balaban J connectivity index is 2.83. The summed E-state index contributed by atoms with van der Waals surface area (Å²) >= 11 is 0. The molecule has 0 radical (unpaired) electrons. The lowest BCUT2D eigenvalue weighted by Crippen LogP contribution is -2.52. The van der Waals surface area contributed by atoms with E-state index in [0.717, 1.165) is 0 Å². The van der Waals surface area contributed by atoms with E-state index in [1.54, 1.807) is 9.80 Å². The van der Waals surface area contributed by atoms with Crippen LogP contribution in [-0.4, -0.2) is 53.2 Å². The lowest BCUT2D eigenvalue weighted by Gasteiger charge is -2.33. The van der Waals surface area contributed by atoms with Crippen LogP contribution in [0.4, 0.5) is 0 Å². The van der Waals surface area contributed by atoms with Crippen molar-refractivity contribution in [2.24, 2.45) is 17.6 Å². The molecule has 1 rings (SSSR count). The van der Waals surface area contributed by atoms with Gasteiger partial charge in [-0.3, -0.25) is 14.4 Å². The standard InChI is InChI=1S/C15H25N3O3/c1-5-12(19)17-8-7-11(9-17)15(21)18(6-2)13(10(3)4)14(16)20/h5,10-11,13H,1,6-9H2,2-4H3,(H2,16,20)/t11-,13-/m0/s1. The quantitative estimate of drug-likeness (QED) is 0.719. The zero-order chi connectivity index (χ0) is 16.2. The van der Waals surface area contributed by atoms with E-state index in [1.807, 2.05) is 20.8 Å². The summed E-state index contributed by atoms with van der Waals surface area (Å²) in [7, 11) is 0. The van der Waals surface area contributed by atoms with E-state index in [2.05, 4.69) is 6.58 Å². The van der Waals surface area contributed by atoms with Gasteiger partial charge in [0.25, 0.3) is 0 Å². The average molecular weight is 295 g/mol. The van der Waals surface area contributed by atoms with Crippen LogP contribution >= 0.6 is 0 Å². The molecule has 1 heterocycles. The Morgan fingerprint density at radius 2 is 2.05 bits per heavy atom. The molecule has 0 aliphatic carbocycles. The van der Waals surface area contributed by atoms with Gasteiger partial charge >= 0.3 is 0 Å². The minimum atomic E-state index is -0.605. The molecule has 1 fully saturated rings. The maximum absolute atomic E-state index is 12.6. The third kappa shape index (κ3) is 3.83. The van der Waals surface area contributed by atoms with Crippen LogP contribution in [0.15, 0.2) is 12.7 Å². The summed E-state index contributed by atoms with van der Waals surface area (Å²) in [6, 6.07) is -0.605. The Bertz CT molecular complexity index is 434. The first kappa shape index (κ1) is 17.2. The number of carbonyl (C=O) groups excluding carboxylic acids is 3. The van der Waals surface area contributed by atoms with Crippen molar-refractivity contribution >= 4 is 17.7 Å². The summed E-state index contributed by atoms with van der Waals surface area (Å²) in [6.07, 6.45) is 1.86. The van der Waals surface area contributed by atoms with Gasteiger partial charge in [0.15, 0.2) is 0 Å². The number of rotatable bonds is 6. The van der Waals surface area contributed by atoms with Crippen molar-refractivity contribution in [3.8, 4) is 0 Å². The monoisotopic (exact) mass is 295 g/mol. The van der Waals surface area contributed by atoms with E-state index in [-0.39, 0.29) is 23.7 Å². The highest BCUT2D eigenvalue weighted by molar-refractivity contribution is 5.90. The second kappa shape index (κ2) is 7.24. The Morgan fingerprint density at radius 3 is 2.48 bits per heavy atom. The van der Waals surface area contributed by atoms with Crippen LogP contribution in [0.1, 0.15) is 27.2 Å². The first-order valence-corrected chi connectivity index (χ1v) is 7.34. The maximum Gasteiger partial charge on any atom is 0.245 e. The largest absolute Gasteiger partial charge is 0.368 e. The van der Waals surface area contributed by atoms with Crippen molar-refractivity contribution in [1.29, 1.82) is 0 Å². The third-order valence-electron chi connectivity index (χ3n) is 3.91. The van der Waals surface area contributed by atoms with Gasteiger partial charge < -0.3 is 15.5 Å². The van der Waals surface area contributed by atoms with Gasteiger partial charge in [-0.25, -0.2) is 0 Å². The van der Waals surface area contributed by atoms with Crippen molar-refractivity contribution < 1.29 is 14.4 Å². The molecule has 1 saturated heterocycles. The number of likely N-dealkylation sites (tertiary alicyclic amines) is 1. The zero-order valence-corrected chi connectivity index (χ0v) is 13.0. The number of hydrogen-bond donors (Lipinski definition) is 1. The van der Waals surface area contributed by atoms with E-state index in [4.69, 9.17) is 5.73 Å². The number of nitrogens with two attached hydrogens (primary N) is 1. The molecule has 21 heavy (non-hydrogen) atoms. The Hall–Kier alpha value is -1.85. The fourth-order valence-corrected chi connectivity index (χ4v) is 2.86. The van der Waals surface area contributed by atoms with E-state index >= 15 is 0 Å². The Labute approximate surface area is 125 Å². The molecule has 6 nitrogen and oxygen atoms in total.